The maximum Gasteiger partial charge on any atom is 0.227 e. The van der Waals surface area contributed by atoms with Crippen molar-refractivity contribution in [3.63, 3.8) is 0 Å². The lowest BCUT2D eigenvalue weighted by atomic mass is 9.65. The van der Waals surface area contributed by atoms with Gasteiger partial charge in [-0.3, -0.25) is 4.79 Å². The van der Waals surface area contributed by atoms with Crippen LogP contribution in [0.5, 0.6) is 0 Å². The van der Waals surface area contributed by atoms with Crippen LogP contribution in [0, 0.1) is 17.8 Å². The number of benzene rings is 2. The topological polar surface area (TPSA) is 55.1 Å². The molecule has 0 spiro atoms. The molecular weight excluding hydrogens is 320 g/mol. The summed E-state index contributed by atoms with van der Waals surface area (Å²) in [6, 6.07) is 18.9. The summed E-state index contributed by atoms with van der Waals surface area (Å²) >= 11 is 0. The number of fused-ring (bicyclic) bond motifs is 2. The predicted octanol–water partition coefficient (Wildman–Crippen LogP) is 4.37. The molecule has 136 valence electrons. The van der Waals surface area contributed by atoms with Crippen molar-refractivity contribution in [3.8, 4) is 0 Å². The molecule has 1 amide bonds. The van der Waals surface area contributed by atoms with E-state index in [1.54, 1.807) is 0 Å². The molecule has 3 N–H and O–H groups in total. The van der Waals surface area contributed by atoms with Gasteiger partial charge in [-0.15, -0.1) is 0 Å². The van der Waals surface area contributed by atoms with Crippen molar-refractivity contribution in [1.29, 1.82) is 0 Å². The first-order chi connectivity index (χ1) is 12.7. The second-order valence-electron chi connectivity index (χ2n) is 8.01. The minimum absolute atomic E-state index is 0.106. The van der Waals surface area contributed by atoms with E-state index in [2.05, 4.69) is 35.6 Å². The summed E-state index contributed by atoms with van der Waals surface area (Å²) in [5.74, 6) is 1.33. The third-order valence-electron chi connectivity index (χ3n) is 6.30. The molecule has 2 aliphatic carbocycles. The molecule has 4 rings (SSSR count). The normalized spacial score (nSPS) is 27.7. The summed E-state index contributed by atoms with van der Waals surface area (Å²) in [6.45, 7) is 0. The van der Waals surface area contributed by atoms with Crippen molar-refractivity contribution in [1.82, 2.24) is 0 Å². The number of nitrogens with two attached hydrogens (primary N) is 1. The third kappa shape index (κ3) is 3.68. The Morgan fingerprint density at radius 3 is 2.35 bits per heavy atom. The molecule has 0 aromatic heterocycles. The van der Waals surface area contributed by atoms with Crippen LogP contribution >= 0.6 is 0 Å². The first kappa shape index (κ1) is 17.3. The van der Waals surface area contributed by atoms with Crippen LogP contribution in [0.25, 0.3) is 0 Å². The van der Waals surface area contributed by atoms with E-state index in [4.69, 9.17) is 5.73 Å². The fourth-order valence-corrected chi connectivity index (χ4v) is 4.85. The lowest BCUT2D eigenvalue weighted by Gasteiger charge is -2.43. The third-order valence-corrected chi connectivity index (χ3v) is 6.30. The molecule has 0 heterocycles. The number of carbonyl (C=O) groups excluding carboxylic acids is 1. The molecule has 0 aliphatic heterocycles. The number of hydrogen-bond acceptors (Lipinski definition) is 2. The number of carbonyl (C=O) groups is 1. The second-order valence-corrected chi connectivity index (χ2v) is 8.01. The minimum Gasteiger partial charge on any atom is -0.327 e. The van der Waals surface area contributed by atoms with Gasteiger partial charge in [0, 0.05) is 17.6 Å². The Morgan fingerprint density at radius 1 is 0.962 bits per heavy atom. The van der Waals surface area contributed by atoms with Gasteiger partial charge in [0.15, 0.2) is 0 Å². The number of para-hydroxylation sites is 1. The molecule has 2 fully saturated rings. The summed E-state index contributed by atoms with van der Waals surface area (Å²) in [7, 11) is 0. The number of amides is 1. The fraction of sp³-hybridized carbons (Fsp3) is 0.435. The Balaban J connectivity index is 1.46. The van der Waals surface area contributed by atoms with Gasteiger partial charge in [0.1, 0.15) is 0 Å². The van der Waals surface area contributed by atoms with Crippen LogP contribution in [0.15, 0.2) is 54.6 Å². The first-order valence-electron chi connectivity index (χ1n) is 9.89. The van der Waals surface area contributed by atoms with E-state index in [9.17, 15) is 4.79 Å². The van der Waals surface area contributed by atoms with E-state index in [0.717, 1.165) is 24.9 Å². The highest BCUT2D eigenvalue weighted by Crippen LogP contribution is 2.42. The molecule has 2 aliphatic rings. The molecule has 3 nitrogen and oxygen atoms in total. The highest BCUT2D eigenvalue weighted by atomic mass is 16.1. The number of hydrogen-bond donors (Lipinski definition) is 2. The Hall–Kier alpha value is -2.13. The zero-order chi connectivity index (χ0) is 17.9. The second kappa shape index (κ2) is 7.63. The molecule has 2 saturated carbocycles. The van der Waals surface area contributed by atoms with Gasteiger partial charge in [-0.2, -0.15) is 0 Å². The van der Waals surface area contributed by atoms with Crippen LogP contribution in [0.4, 0.5) is 5.69 Å². The standard InChI is InChI=1S/C23H28N2O/c24-22-18-10-6-11-19(22)15-20(14-18)23(26)25-21-12-5-4-9-17(21)13-16-7-2-1-3-8-16/h1-5,7-9,12,18-20,22H,6,10-11,13-15,24H2,(H,25,26). The van der Waals surface area contributed by atoms with E-state index >= 15 is 0 Å². The van der Waals surface area contributed by atoms with E-state index in [0.29, 0.717) is 17.9 Å². The van der Waals surface area contributed by atoms with Crippen LogP contribution in [0.1, 0.15) is 43.2 Å². The molecule has 0 radical (unpaired) electrons. The van der Waals surface area contributed by atoms with Crippen LogP contribution < -0.4 is 11.1 Å². The molecular formula is C23H28N2O. The van der Waals surface area contributed by atoms with E-state index < -0.39 is 0 Å². The van der Waals surface area contributed by atoms with E-state index in [1.807, 2.05) is 24.3 Å². The molecule has 26 heavy (non-hydrogen) atoms. The lowest BCUT2D eigenvalue weighted by Crippen LogP contribution is -2.48. The van der Waals surface area contributed by atoms with Crippen LogP contribution in [0.2, 0.25) is 0 Å². The van der Waals surface area contributed by atoms with Gasteiger partial charge in [0.05, 0.1) is 0 Å². The van der Waals surface area contributed by atoms with Gasteiger partial charge >= 0.3 is 0 Å². The highest BCUT2D eigenvalue weighted by molar-refractivity contribution is 5.93. The monoisotopic (exact) mass is 348 g/mol. The zero-order valence-electron chi connectivity index (χ0n) is 15.2. The zero-order valence-corrected chi connectivity index (χ0v) is 15.2. The largest absolute Gasteiger partial charge is 0.327 e. The summed E-state index contributed by atoms with van der Waals surface area (Å²) < 4.78 is 0. The predicted molar refractivity (Wildman–Crippen MR) is 106 cm³/mol. The smallest absolute Gasteiger partial charge is 0.227 e. The average Bonchev–Trinajstić information content (AvgIpc) is 2.64. The quantitative estimate of drug-likeness (QED) is 0.862. The maximum atomic E-state index is 13.0. The molecule has 0 saturated heterocycles. The molecule has 2 atom stereocenters. The van der Waals surface area contributed by atoms with Crippen LogP contribution in [-0.4, -0.2) is 11.9 Å². The van der Waals surface area contributed by atoms with Crippen molar-refractivity contribution in [2.24, 2.45) is 23.5 Å². The molecule has 2 bridgehead atoms. The first-order valence-corrected chi connectivity index (χ1v) is 9.89. The van der Waals surface area contributed by atoms with Gasteiger partial charge in [0.25, 0.3) is 0 Å². The summed E-state index contributed by atoms with van der Waals surface area (Å²) in [5, 5.41) is 3.22. The van der Waals surface area contributed by atoms with Gasteiger partial charge in [-0.1, -0.05) is 55.0 Å². The van der Waals surface area contributed by atoms with Crippen molar-refractivity contribution in [3.05, 3.63) is 65.7 Å². The SMILES string of the molecule is NC1C2CCCC1CC(C(=O)Nc1ccccc1Cc1ccccc1)C2. The Morgan fingerprint density at radius 2 is 1.62 bits per heavy atom. The number of nitrogens with one attached hydrogen (secondary N) is 1. The van der Waals surface area contributed by atoms with Crippen molar-refractivity contribution < 1.29 is 4.79 Å². The highest BCUT2D eigenvalue weighted by Gasteiger charge is 2.40. The van der Waals surface area contributed by atoms with Crippen LogP contribution in [-0.2, 0) is 11.2 Å². The van der Waals surface area contributed by atoms with Crippen molar-refractivity contribution in [2.45, 2.75) is 44.6 Å². The average molecular weight is 348 g/mol. The van der Waals surface area contributed by atoms with Crippen molar-refractivity contribution >= 4 is 11.6 Å². The fourth-order valence-electron chi connectivity index (χ4n) is 4.85. The number of anilines is 1. The molecule has 2 aromatic carbocycles. The van der Waals surface area contributed by atoms with Gasteiger partial charge < -0.3 is 11.1 Å². The summed E-state index contributed by atoms with van der Waals surface area (Å²) in [4.78, 5) is 13.0. The van der Waals surface area contributed by atoms with Crippen LogP contribution in [0.3, 0.4) is 0 Å². The van der Waals surface area contributed by atoms with Gasteiger partial charge in [-0.25, -0.2) is 0 Å². The molecule has 2 aromatic rings. The van der Waals surface area contributed by atoms with E-state index in [-0.39, 0.29) is 11.8 Å². The lowest BCUT2D eigenvalue weighted by molar-refractivity contribution is -0.122. The Bertz CT molecular complexity index is 744. The van der Waals surface area contributed by atoms with Crippen molar-refractivity contribution in [2.75, 3.05) is 5.32 Å². The summed E-state index contributed by atoms with van der Waals surface area (Å²) in [5.41, 5.74) is 9.75. The molecule has 2 unspecified atom stereocenters. The minimum atomic E-state index is 0.106. The number of rotatable bonds is 4. The molecule has 3 heteroatoms. The van der Waals surface area contributed by atoms with Gasteiger partial charge in [-0.05, 0) is 61.1 Å². The maximum absolute atomic E-state index is 13.0. The van der Waals surface area contributed by atoms with E-state index in [1.165, 1.54) is 30.4 Å². The summed E-state index contributed by atoms with van der Waals surface area (Å²) in [6.07, 6.45) is 6.38. The van der Waals surface area contributed by atoms with Gasteiger partial charge in [0.2, 0.25) is 5.91 Å². The Kier molecular flexibility index (Phi) is 5.07. The Labute approximate surface area is 156 Å².